The number of nitrogens with one attached hydrogen (secondary N) is 1. The summed E-state index contributed by atoms with van der Waals surface area (Å²) < 4.78 is 10.3. The fraction of sp³-hybridized carbons (Fsp3) is 0.0500. The van der Waals surface area contributed by atoms with Crippen LogP contribution in [-0.2, 0) is 9.53 Å². The van der Waals surface area contributed by atoms with E-state index in [2.05, 4.69) is 5.32 Å². The van der Waals surface area contributed by atoms with E-state index in [1.165, 1.54) is 18.2 Å². The highest BCUT2D eigenvalue weighted by Crippen LogP contribution is 2.25. The number of benzene rings is 2. The molecule has 1 heterocycles. The number of carbonyl (C=O) groups excluding carboxylic acids is 3. The molecule has 3 rings (SSSR count). The molecule has 0 unspecified atom stereocenters. The van der Waals surface area contributed by atoms with Crippen molar-refractivity contribution in [2.24, 2.45) is 0 Å². The van der Waals surface area contributed by atoms with Gasteiger partial charge < -0.3 is 14.5 Å². The standard InChI is InChI=1S/C20H13Cl2NO5/c21-14-5-7-17(16(22)9-14)23-19(25)11-27-20(26)13-3-1-12(2-4-13)18-8-6-15(10-24)28-18/h1-10H,11H2,(H,23,25). The molecule has 0 saturated heterocycles. The van der Waals surface area contributed by atoms with Gasteiger partial charge in [0, 0.05) is 10.6 Å². The molecule has 28 heavy (non-hydrogen) atoms. The molecule has 2 aromatic carbocycles. The van der Waals surface area contributed by atoms with Crippen LogP contribution >= 0.6 is 23.2 Å². The van der Waals surface area contributed by atoms with Crippen LogP contribution in [0.2, 0.25) is 10.0 Å². The number of ether oxygens (including phenoxy) is 1. The number of aldehydes is 1. The molecule has 0 aliphatic carbocycles. The van der Waals surface area contributed by atoms with Crippen LogP contribution in [-0.4, -0.2) is 24.8 Å². The van der Waals surface area contributed by atoms with Gasteiger partial charge in [0.25, 0.3) is 5.91 Å². The molecule has 0 bridgehead atoms. The Labute approximate surface area is 170 Å². The zero-order valence-corrected chi connectivity index (χ0v) is 15.8. The third kappa shape index (κ3) is 4.79. The molecule has 0 aliphatic heterocycles. The van der Waals surface area contributed by atoms with Gasteiger partial charge in [0.2, 0.25) is 0 Å². The molecule has 142 valence electrons. The molecular formula is C20H13Cl2NO5. The maximum absolute atomic E-state index is 12.1. The van der Waals surface area contributed by atoms with Gasteiger partial charge in [-0.15, -0.1) is 0 Å². The Morgan fingerprint density at radius 2 is 1.79 bits per heavy atom. The van der Waals surface area contributed by atoms with E-state index in [0.717, 1.165) is 0 Å². The van der Waals surface area contributed by atoms with Crippen molar-refractivity contribution >= 4 is 47.1 Å². The summed E-state index contributed by atoms with van der Waals surface area (Å²) in [6.45, 7) is -0.472. The molecule has 1 N–H and O–H groups in total. The summed E-state index contributed by atoms with van der Waals surface area (Å²) in [5, 5.41) is 3.25. The van der Waals surface area contributed by atoms with E-state index in [9.17, 15) is 14.4 Å². The Morgan fingerprint density at radius 3 is 2.43 bits per heavy atom. The Morgan fingerprint density at radius 1 is 1.04 bits per heavy atom. The minimum Gasteiger partial charge on any atom is -0.453 e. The monoisotopic (exact) mass is 417 g/mol. The molecule has 0 fully saturated rings. The van der Waals surface area contributed by atoms with E-state index in [4.69, 9.17) is 32.4 Å². The van der Waals surface area contributed by atoms with Gasteiger partial charge in [0.05, 0.1) is 16.3 Å². The molecular weight excluding hydrogens is 405 g/mol. The number of esters is 1. The van der Waals surface area contributed by atoms with Crippen LogP contribution in [0, 0.1) is 0 Å². The van der Waals surface area contributed by atoms with E-state index in [1.54, 1.807) is 36.4 Å². The lowest BCUT2D eigenvalue weighted by molar-refractivity contribution is -0.119. The van der Waals surface area contributed by atoms with Crippen molar-refractivity contribution in [3.63, 3.8) is 0 Å². The van der Waals surface area contributed by atoms with Gasteiger partial charge in [-0.05, 0) is 42.5 Å². The average Bonchev–Trinajstić information content (AvgIpc) is 3.18. The Kier molecular flexibility index (Phi) is 6.13. The molecule has 1 amide bonds. The third-order valence-electron chi connectivity index (χ3n) is 3.69. The molecule has 1 aromatic heterocycles. The van der Waals surface area contributed by atoms with E-state index in [1.807, 2.05) is 0 Å². The lowest BCUT2D eigenvalue weighted by Gasteiger charge is -2.08. The molecule has 0 spiro atoms. The van der Waals surface area contributed by atoms with Crippen molar-refractivity contribution in [3.05, 3.63) is 76.0 Å². The van der Waals surface area contributed by atoms with Gasteiger partial charge in [-0.2, -0.15) is 0 Å². The number of hydrogen-bond donors (Lipinski definition) is 1. The van der Waals surface area contributed by atoms with Crippen molar-refractivity contribution in [1.29, 1.82) is 0 Å². The first kappa shape index (κ1) is 19.7. The second-order valence-corrected chi connectivity index (χ2v) is 6.49. The molecule has 3 aromatic rings. The first-order valence-electron chi connectivity index (χ1n) is 8.04. The summed E-state index contributed by atoms with van der Waals surface area (Å²) in [7, 11) is 0. The Balaban J connectivity index is 1.57. The van der Waals surface area contributed by atoms with E-state index in [0.29, 0.717) is 28.3 Å². The lowest BCUT2D eigenvalue weighted by atomic mass is 10.1. The first-order valence-corrected chi connectivity index (χ1v) is 8.79. The largest absolute Gasteiger partial charge is 0.453 e. The number of rotatable bonds is 6. The summed E-state index contributed by atoms with van der Waals surface area (Å²) >= 11 is 11.8. The van der Waals surface area contributed by atoms with Crippen LogP contribution in [0.25, 0.3) is 11.3 Å². The van der Waals surface area contributed by atoms with E-state index < -0.39 is 18.5 Å². The van der Waals surface area contributed by atoms with Crippen LogP contribution in [0.15, 0.2) is 59.0 Å². The zero-order chi connectivity index (χ0) is 20.1. The van der Waals surface area contributed by atoms with Crippen molar-refractivity contribution in [2.75, 3.05) is 11.9 Å². The number of anilines is 1. The van der Waals surface area contributed by atoms with Gasteiger partial charge in [-0.3, -0.25) is 9.59 Å². The molecule has 0 aliphatic rings. The quantitative estimate of drug-likeness (QED) is 0.457. The topological polar surface area (TPSA) is 85.6 Å². The van der Waals surface area contributed by atoms with Gasteiger partial charge in [-0.25, -0.2) is 4.79 Å². The molecule has 0 saturated carbocycles. The van der Waals surface area contributed by atoms with Crippen molar-refractivity contribution in [1.82, 2.24) is 0 Å². The average molecular weight is 418 g/mol. The minimum atomic E-state index is -0.656. The summed E-state index contributed by atoms with van der Waals surface area (Å²) in [5.41, 5.74) is 1.33. The maximum Gasteiger partial charge on any atom is 0.338 e. The lowest BCUT2D eigenvalue weighted by Crippen LogP contribution is -2.21. The highest BCUT2D eigenvalue weighted by Gasteiger charge is 2.13. The van der Waals surface area contributed by atoms with Crippen LogP contribution in [0.3, 0.4) is 0 Å². The first-order chi connectivity index (χ1) is 13.5. The van der Waals surface area contributed by atoms with Crippen LogP contribution in [0.1, 0.15) is 20.9 Å². The maximum atomic E-state index is 12.1. The Bertz CT molecular complexity index is 1030. The van der Waals surface area contributed by atoms with E-state index >= 15 is 0 Å². The van der Waals surface area contributed by atoms with Crippen LogP contribution in [0.5, 0.6) is 0 Å². The summed E-state index contributed by atoms with van der Waals surface area (Å²) in [6, 6.07) is 14.2. The number of halogens is 2. The minimum absolute atomic E-state index is 0.213. The highest BCUT2D eigenvalue weighted by molar-refractivity contribution is 6.36. The number of furan rings is 1. The predicted molar refractivity (Wildman–Crippen MR) is 105 cm³/mol. The summed E-state index contributed by atoms with van der Waals surface area (Å²) in [4.78, 5) is 34.7. The summed E-state index contributed by atoms with van der Waals surface area (Å²) in [5.74, 6) is -0.477. The number of hydrogen-bond acceptors (Lipinski definition) is 5. The predicted octanol–water partition coefficient (Wildman–Crippen LogP) is 4.86. The number of carbonyl (C=O) groups is 3. The number of amides is 1. The fourth-order valence-corrected chi connectivity index (χ4v) is 2.79. The third-order valence-corrected chi connectivity index (χ3v) is 4.24. The van der Waals surface area contributed by atoms with E-state index in [-0.39, 0.29) is 16.3 Å². The van der Waals surface area contributed by atoms with Gasteiger partial charge in [-0.1, -0.05) is 35.3 Å². The van der Waals surface area contributed by atoms with Crippen molar-refractivity contribution in [3.8, 4) is 11.3 Å². The fourth-order valence-electron chi connectivity index (χ4n) is 2.33. The van der Waals surface area contributed by atoms with Gasteiger partial charge in [0.15, 0.2) is 18.7 Å². The van der Waals surface area contributed by atoms with Gasteiger partial charge >= 0.3 is 5.97 Å². The van der Waals surface area contributed by atoms with Gasteiger partial charge in [0.1, 0.15) is 5.76 Å². The summed E-state index contributed by atoms with van der Waals surface area (Å²) in [6.07, 6.45) is 0.609. The molecule has 8 heteroatoms. The normalized spacial score (nSPS) is 10.4. The SMILES string of the molecule is O=Cc1ccc(-c2ccc(C(=O)OCC(=O)Nc3ccc(Cl)cc3Cl)cc2)o1. The second-order valence-electron chi connectivity index (χ2n) is 5.65. The highest BCUT2D eigenvalue weighted by atomic mass is 35.5. The van der Waals surface area contributed by atoms with Crippen LogP contribution in [0.4, 0.5) is 5.69 Å². The molecule has 0 atom stereocenters. The zero-order valence-electron chi connectivity index (χ0n) is 14.3. The van der Waals surface area contributed by atoms with Crippen LogP contribution < -0.4 is 5.32 Å². The second kappa shape index (κ2) is 8.73. The Hall–Kier alpha value is -3.09. The smallest absolute Gasteiger partial charge is 0.338 e. The molecule has 0 radical (unpaired) electrons. The molecule has 6 nitrogen and oxygen atoms in total. The van der Waals surface area contributed by atoms with Crippen molar-refractivity contribution < 1.29 is 23.5 Å². The van der Waals surface area contributed by atoms with Crippen molar-refractivity contribution in [2.45, 2.75) is 0 Å².